The molecule has 0 heterocycles. The van der Waals surface area contributed by atoms with Gasteiger partial charge in [-0.1, -0.05) is 12.1 Å². The molecule has 24 heavy (non-hydrogen) atoms. The van der Waals surface area contributed by atoms with Crippen molar-refractivity contribution in [3.63, 3.8) is 0 Å². The van der Waals surface area contributed by atoms with Crippen molar-refractivity contribution >= 4 is 11.8 Å². The summed E-state index contributed by atoms with van der Waals surface area (Å²) >= 11 is 0. The van der Waals surface area contributed by atoms with Crippen molar-refractivity contribution in [2.75, 3.05) is 40.8 Å². The fourth-order valence-corrected chi connectivity index (χ4v) is 2.25. The van der Waals surface area contributed by atoms with Crippen LogP contribution in [0.2, 0.25) is 0 Å². The predicted octanol–water partition coefficient (Wildman–Crippen LogP) is 1.50. The number of methoxy groups -OCH3 is 1. The Labute approximate surface area is 144 Å². The van der Waals surface area contributed by atoms with Crippen molar-refractivity contribution in [1.29, 1.82) is 0 Å². The van der Waals surface area contributed by atoms with E-state index in [1.165, 1.54) is 6.92 Å². The Hall–Kier alpha value is -2.08. The fraction of sp³-hybridized carbons (Fsp3) is 0.556. The first-order valence-corrected chi connectivity index (χ1v) is 8.22. The van der Waals surface area contributed by atoms with Gasteiger partial charge in [0.1, 0.15) is 5.75 Å². The molecule has 0 saturated heterocycles. The first-order chi connectivity index (χ1) is 11.4. The van der Waals surface area contributed by atoms with Crippen LogP contribution < -0.4 is 10.1 Å². The number of nitrogens with one attached hydrogen (secondary N) is 1. The molecule has 1 N–H and O–H groups in total. The Morgan fingerprint density at radius 2 is 1.79 bits per heavy atom. The Morgan fingerprint density at radius 3 is 2.33 bits per heavy atom. The lowest BCUT2D eigenvalue weighted by atomic mass is 10.2. The number of nitrogens with zero attached hydrogens (tertiary/aromatic N) is 2. The molecule has 0 radical (unpaired) electrons. The van der Waals surface area contributed by atoms with Crippen LogP contribution in [0.15, 0.2) is 24.3 Å². The minimum atomic E-state index is -0.0359. The summed E-state index contributed by atoms with van der Waals surface area (Å²) in [4.78, 5) is 27.4. The van der Waals surface area contributed by atoms with Crippen molar-refractivity contribution in [2.45, 2.75) is 26.3 Å². The second-order valence-electron chi connectivity index (χ2n) is 6.05. The zero-order valence-electron chi connectivity index (χ0n) is 15.2. The van der Waals surface area contributed by atoms with Gasteiger partial charge in [0.2, 0.25) is 11.8 Å². The van der Waals surface area contributed by atoms with Crippen molar-refractivity contribution in [3.8, 4) is 5.75 Å². The van der Waals surface area contributed by atoms with Crippen LogP contribution in [0.25, 0.3) is 0 Å². The van der Waals surface area contributed by atoms with E-state index in [4.69, 9.17) is 4.74 Å². The second kappa shape index (κ2) is 10.6. The number of carbonyl (C=O) groups excluding carboxylic acids is 2. The molecule has 0 unspecified atom stereocenters. The van der Waals surface area contributed by atoms with E-state index in [9.17, 15) is 9.59 Å². The van der Waals surface area contributed by atoms with Gasteiger partial charge < -0.3 is 19.9 Å². The molecule has 0 spiro atoms. The van der Waals surface area contributed by atoms with Crippen molar-refractivity contribution < 1.29 is 14.3 Å². The second-order valence-corrected chi connectivity index (χ2v) is 6.05. The summed E-state index contributed by atoms with van der Waals surface area (Å²) in [6.45, 7) is 4.04. The first-order valence-electron chi connectivity index (χ1n) is 8.22. The van der Waals surface area contributed by atoms with Crippen LogP contribution >= 0.6 is 0 Å². The van der Waals surface area contributed by atoms with Gasteiger partial charge in [-0.3, -0.25) is 9.59 Å². The molecule has 2 amide bonds. The minimum Gasteiger partial charge on any atom is -0.497 e. The summed E-state index contributed by atoms with van der Waals surface area (Å²) in [6.07, 6.45) is 1.23. The summed E-state index contributed by atoms with van der Waals surface area (Å²) < 4.78 is 5.13. The van der Waals surface area contributed by atoms with Crippen LogP contribution in [0.1, 0.15) is 25.3 Å². The Morgan fingerprint density at radius 1 is 1.12 bits per heavy atom. The molecular weight excluding hydrogens is 306 g/mol. The average Bonchev–Trinajstić information content (AvgIpc) is 2.55. The van der Waals surface area contributed by atoms with E-state index < -0.39 is 0 Å². The zero-order valence-corrected chi connectivity index (χ0v) is 15.2. The third-order valence-electron chi connectivity index (χ3n) is 3.69. The number of benzene rings is 1. The number of hydrogen-bond acceptors (Lipinski definition) is 4. The van der Waals surface area contributed by atoms with E-state index in [0.717, 1.165) is 24.3 Å². The molecule has 6 nitrogen and oxygen atoms in total. The maximum absolute atomic E-state index is 11.9. The van der Waals surface area contributed by atoms with Crippen molar-refractivity contribution in [1.82, 2.24) is 15.1 Å². The van der Waals surface area contributed by atoms with Gasteiger partial charge in [-0.05, 0) is 44.8 Å². The van der Waals surface area contributed by atoms with Gasteiger partial charge >= 0.3 is 0 Å². The molecule has 134 valence electrons. The van der Waals surface area contributed by atoms with Gasteiger partial charge in [0.25, 0.3) is 0 Å². The van der Waals surface area contributed by atoms with Crippen LogP contribution in [0.5, 0.6) is 5.75 Å². The lowest BCUT2D eigenvalue weighted by Crippen LogP contribution is -2.34. The summed E-state index contributed by atoms with van der Waals surface area (Å²) in [5.41, 5.74) is 1.01. The molecule has 0 aliphatic carbocycles. The molecule has 0 aliphatic rings. The van der Waals surface area contributed by atoms with Crippen LogP contribution in [0.4, 0.5) is 0 Å². The molecule has 0 saturated carbocycles. The summed E-state index contributed by atoms with van der Waals surface area (Å²) in [6, 6.07) is 7.59. The monoisotopic (exact) mass is 335 g/mol. The van der Waals surface area contributed by atoms with Gasteiger partial charge in [-0.25, -0.2) is 0 Å². The normalized spacial score (nSPS) is 10.5. The highest BCUT2D eigenvalue weighted by Gasteiger charge is 2.12. The van der Waals surface area contributed by atoms with E-state index in [-0.39, 0.29) is 11.8 Å². The van der Waals surface area contributed by atoms with E-state index >= 15 is 0 Å². The highest BCUT2D eigenvalue weighted by atomic mass is 16.5. The standard InChI is InChI=1S/C18H29N3O3/c1-15(22)21(14-16-6-8-17(24-4)9-7-16)13-10-18(23)19-11-5-12-20(2)3/h6-9H,5,10-14H2,1-4H3,(H,19,23). The predicted molar refractivity (Wildman–Crippen MR) is 94.9 cm³/mol. The molecule has 6 heteroatoms. The minimum absolute atomic E-state index is 0.0188. The van der Waals surface area contributed by atoms with E-state index in [0.29, 0.717) is 26.1 Å². The molecule has 1 aromatic rings. The zero-order chi connectivity index (χ0) is 17.9. The van der Waals surface area contributed by atoms with E-state index in [1.807, 2.05) is 38.4 Å². The van der Waals surface area contributed by atoms with Gasteiger partial charge in [-0.15, -0.1) is 0 Å². The maximum Gasteiger partial charge on any atom is 0.221 e. The van der Waals surface area contributed by atoms with Crippen LogP contribution in [0, 0.1) is 0 Å². The highest BCUT2D eigenvalue weighted by molar-refractivity contribution is 5.78. The molecule has 0 aromatic heterocycles. The van der Waals surface area contributed by atoms with E-state index in [1.54, 1.807) is 12.0 Å². The lowest BCUT2D eigenvalue weighted by molar-refractivity contribution is -0.130. The number of rotatable bonds is 10. The molecule has 0 fully saturated rings. The van der Waals surface area contributed by atoms with Gasteiger partial charge in [-0.2, -0.15) is 0 Å². The average molecular weight is 335 g/mol. The molecule has 1 aromatic carbocycles. The molecule has 1 rings (SSSR count). The number of hydrogen-bond donors (Lipinski definition) is 1. The van der Waals surface area contributed by atoms with Crippen LogP contribution in [-0.2, 0) is 16.1 Å². The molecule has 0 atom stereocenters. The third-order valence-corrected chi connectivity index (χ3v) is 3.69. The SMILES string of the molecule is COc1ccc(CN(CCC(=O)NCCCN(C)C)C(C)=O)cc1. The summed E-state index contributed by atoms with van der Waals surface area (Å²) in [5.74, 6) is 0.728. The number of ether oxygens (including phenoxy) is 1. The first kappa shape index (κ1) is 20.0. The molecular formula is C18H29N3O3. The van der Waals surface area contributed by atoms with Gasteiger partial charge in [0, 0.05) is 33.0 Å². The van der Waals surface area contributed by atoms with Crippen molar-refractivity contribution in [2.24, 2.45) is 0 Å². The third kappa shape index (κ3) is 7.97. The van der Waals surface area contributed by atoms with Crippen molar-refractivity contribution in [3.05, 3.63) is 29.8 Å². The van der Waals surface area contributed by atoms with E-state index in [2.05, 4.69) is 10.2 Å². The Kier molecular flexibility index (Phi) is 8.86. The Balaban J connectivity index is 2.39. The smallest absolute Gasteiger partial charge is 0.221 e. The van der Waals surface area contributed by atoms with Crippen LogP contribution in [0.3, 0.4) is 0 Å². The molecule has 0 bridgehead atoms. The molecule has 0 aliphatic heterocycles. The fourth-order valence-electron chi connectivity index (χ4n) is 2.25. The number of amides is 2. The maximum atomic E-state index is 11.9. The lowest BCUT2D eigenvalue weighted by Gasteiger charge is -2.21. The largest absolute Gasteiger partial charge is 0.497 e. The quantitative estimate of drug-likeness (QED) is 0.658. The van der Waals surface area contributed by atoms with Gasteiger partial charge in [0.15, 0.2) is 0 Å². The summed E-state index contributed by atoms with van der Waals surface area (Å²) in [5, 5.41) is 2.89. The highest BCUT2D eigenvalue weighted by Crippen LogP contribution is 2.13. The topological polar surface area (TPSA) is 61.9 Å². The van der Waals surface area contributed by atoms with Crippen LogP contribution in [-0.4, -0.2) is 62.5 Å². The Bertz CT molecular complexity index is 515. The summed E-state index contributed by atoms with van der Waals surface area (Å²) in [7, 11) is 5.63. The number of carbonyl (C=O) groups is 2. The van der Waals surface area contributed by atoms with Gasteiger partial charge in [0.05, 0.1) is 7.11 Å².